The van der Waals surface area contributed by atoms with Crippen molar-refractivity contribution in [1.82, 2.24) is 4.90 Å². The SMILES string of the molecule is Cc1ccc(OCC(=O)Nc2ccc(N3CCN(C)CC3)cc2)cc1. The Morgan fingerprint density at radius 1 is 1.00 bits per heavy atom. The minimum Gasteiger partial charge on any atom is -0.484 e. The molecule has 25 heavy (non-hydrogen) atoms. The summed E-state index contributed by atoms with van der Waals surface area (Å²) in [5, 5.41) is 2.87. The Kier molecular flexibility index (Phi) is 5.56. The van der Waals surface area contributed by atoms with Crippen molar-refractivity contribution in [2.45, 2.75) is 6.92 Å². The molecule has 0 atom stereocenters. The van der Waals surface area contributed by atoms with Gasteiger partial charge in [-0.3, -0.25) is 4.79 Å². The minimum absolute atomic E-state index is 0.00325. The van der Waals surface area contributed by atoms with Crippen molar-refractivity contribution >= 4 is 17.3 Å². The van der Waals surface area contributed by atoms with Crippen molar-refractivity contribution in [2.24, 2.45) is 0 Å². The van der Waals surface area contributed by atoms with Crippen LogP contribution in [0, 0.1) is 6.92 Å². The molecule has 1 aliphatic rings. The van der Waals surface area contributed by atoms with Gasteiger partial charge < -0.3 is 19.9 Å². The molecule has 1 aliphatic heterocycles. The van der Waals surface area contributed by atoms with E-state index in [9.17, 15) is 4.79 Å². The highest BCUT2D eigenvalue weighted by atomic mass is 16.5. The second-order valence-corrected chi connectivity index (χ2v) is 6.49. The van der Waals surface area contributed by atoms with E-state index in [2.05, 4.69) is 34.3 Å². The van der Waals surface area contributed by atoms with Gasteiger partial charge in [0.2, 0.25) is 0 Å². The number of nitrogens with zero attached hydrogens (tertiary/aromatic N) is 2. The smallest absolute Gasteiger partial charge is 0.262 e. The van der Waals surface area contributed by atoms with Gasteiger partial charge in [-0.2, -0.15) is 0 Å². The van der Waals surface area contributed by atoms with E-state index >= 15 is 0 Å². The normalized spacial score (nSPS) is 15.0. The van der Waals surface area contributed by atoms with Crippen molar-refractivity contribution in [2.75, 3.05) is 50.1 Å². The Morgan fingerprint density at radius 2 is 1.64 bits per heavy atom. The van der Waals surface area contributed by atoms with Crippen molar-refractivity contribution in [1.29, 1.82) is 0 Å². The monoisotopic (exact) mass is 339 g/mol. The largest absolute Gasteiger partial charge is 0.484 e. The first-order valence-corrected chi connectivity index (χ1v) is 8.63. The average Bonchev–Trinajstić information content (AvgIpc) is 2.63. The summed E-state index contributed by atoms with van der Waals surface area (Å²) in [7, 11) is 2.15. The van der Waals surface area contributed by atoms with E-state index < -0.39 is 0 Å². The topological polar surface area (TPSA) is 44.8 Å². The Labute approximate surface area is 149 Å². The minimum atomic E-state index is -0.159. The number of nitrogens with one attached hydrogen (secondary N) is 1. The van der Waals surface area contributed by atoms with Crippen LogP contribution in [0.3, 0.4) is 0 Å². The zero-order valence-electron chi connectivity index (χ0n) is 14.9. The lowest BCUT2D eigenvalue weighted by Gasteiger charge is -2.34. The fourth-order valence-corrected chi connectivity index (χ4v) is 2.80. The summed E-state index contributed by atoms with van der Waals surface area (Å²) in [5.74, 6) is 0.541. The molecule has 0 aromatic heterocycles. The molecule has 3 rings (SSSR count). The van der Waals surface area contributed by atoms with Gasteiger partial charge in [-0.15, -0.1) is 0 Å². The molecule has 1 amide bonds. The van der Waals surface area contributed by atoms with Crippen LogP contribution >= 0.6 is 0 Å². The molecule has 5 heteroatoms. The average molecular weight is 339 g/mol. The molecule has 2 aromatic rings. The number of aryl methyl sites for hydroxylation is 1. The number of rotatable bonds is 5. The Bertz CT molecular complexity index is 690. The first-order valence-electron chi connectivity index (χ1n) is 8.63. The van der Waals surface area contributed by atoms with Crippen LogP contribution in [-0.2, 0) is 4.79 Å². The number of hydrogen-bond donors (Lipinski definition) is 1. The van der Waals surface area contributed by atoms with E-state index in [0.29, 0.717) is 5.75 Å². The fourth-order valence-electron chi connectivity index (χ4n) is 2.80. The van der Waals surface area contributed by atoms with Gasteiger partial charge in [0.1, 0.15) is 5.75 Å². The number of benzene rings is 2. The number of piperazine rings is 1. The second-order valence-electron chi connectivity index (χ2n) is 6.49. The molecule has 0 unspecified atom stereocenters. The summed E-state index contributed by atoms with van der Waals surface area (Å²) < 4.78 is 5.50. The molecule has 5 nitrogen and oxygen atoms in total. The lowest BCUT2D eigenvalue weighted by atomic mass is 10.2. The molecule has 1 N–H and O–H groups in total. The van der Waals surface area contributed by atoms with Gasteiger partial charge in [0.15, 0.2) is 6.61 Å². The fraction of sp³-hybridized carbons (Fsp3) is 0.350. The van der Waals surface area contributed by atoms with Gasteiger partial charge in [0.05, 0.1) is 0 Å². The molecule has 2 aromatic carbocycles. The molecule has 0 saturated carbocycles. The highest BCUT2D eigenvalue weighted by Crippen LogP contribution is 2.19. The molecular weight excluding hydrogens is 314 g/mol. The number of anilines is 2. The standard InChI is InChI=1S/C20H25N3O2/c1-16-3-9-19(10-4-16)25-15-20(24)21-17-5-7-18(8-6-17)23-13-11-22(2)12-14-23/h3-10H,11-15H2,1-2H3,(H,21,24). The van der Waals surface area contributed by atoms with Crippen LogP contribution in [0.15, 0.2) is 48.5 Å². The van der Waals surface area contributed by atoms with Crippen molar-refractivity contribution in [3.05, 3.63) is 54.1 Å². The molecule has 0 bridgehead atoms. The van der Waals surface area contributed by atoms with Gasteiger partial charge >= 0.3 is 0 Å². The zero-order valence-corrected chi connectivity index (χ0v) is 14.9. The molecule has 0 spiro atoms. The number of amides is 1. The molecule has 132 valence electrons. The van der Waals surface area contributed by atoms with E-state index in [0.717, 1.165) is 37.4 Å². The maximum absolute atomic E-state index is 12.0. The summed E-state index contributed by atoms with van der Waals surface area (Å²) in [4.78, 5) is 16.7. The van der Waals surface area contributed by atoms with Crippen LogP contribution < -0.4 is 15.0 Å². The van der Waals surface area contributed by atoms with Crippen LogP contribution in [-0.4, -0.2) is 50.6 Å². The first-order chi connectivity index (χ1) is 12.1. The predicted octanol–water partition coefficient (Wildman–Crippen LogP) is 2.76. The van der Waals surface area contributed by atoms with Crippen LogP contribution in [0.1, 0.15) is 5.56 Å². The highest BCUT2D eigenvalue weighted by molar-refractivity contribution is 5.92. The summed E-state index contributed by atoms with van der Waals surface area (Å²) in [5.41, 5.74) is 3.15. The van der Waals surface area contributed by atoms with Gasteiger partial charge in [-0.1, -0.05) is 17.7 Å². The van der Waals surface area contributed by atoms with E-state index in [1.807, 2.05) is 43.3 Å². The van der Waals surface area contributed by atoms with Crippen LogP contribution in [0.25, 0.3) is 0 Å². The first kappa shape index (κ1) is 17.3. The van der Waals surface area contributed by atoms with Crippen molar-refractivity contribution < 1.29 is 9.53 Å². The summed E-state index contributed by atoms with van der Waals surface area (Å²) in [6.07, 6.45) is 0. The van der Waals surface area contributed by atoms with E-state index in [1.54, 1.807) is 0 Å². The third-order valence-corrected chi connectivity index (χ3v) is 4.41. The molecule has 1 fully saturated rings. The van der Waals surface area contributed by atoms with Gasteiger partial charge in [-0.05, 0) is 50.4 Å². The highest BCUT2D eigenvalue weighted by Gasteiger charge is 2.14. The second kappa shape index (κ2) is 8.03. The third kappa shape index (κ3) is 4.97. The van der Waals surface area contributed by atoms with Gasteiger partial charge in [-0.25, -0.2) is 0 Å². The van der Waals surface area contributed by atoms with Crippen molar-refractivity contribution in [3.63, 3.8) is 0 Å². The maximum atomic E-state index is 12.0. The lowest BCUT2D eigenvalue weighted by molar-refractivity contribution is -0.118. The number of ether oxygens (including phenoxy) is 1. The van der Waals surface area contributed by atoms with Gasteiger partial charge in [0, 0.05) is 37.6 Å². The van der Waals surface area contributed by atoms with Crippen LogP contribution in [0.5, 0.6) is 5.75 Å². The Balaban J connectivity index is 1.49. The van der Waals surface area contributed by atoms with E-state index in [-0.39, 0.29) is 12.5 Å². The number of likely N-dealkylation sites (N-methyl/N-ethyl adjacent to an activating group) is 1. The summed E-state index contributed by atoms with van der Waals surface area (Å²) >= 11 is 0. The Hall–Kier alpha value is -2.53. The predicted molar refractivity (Wildman–Crippen MR) is 101 cm³/mol. The molecule has 1 heterocycles. The maximum Gasteiger partial charge on any atom is 0.262 e. The Morgan fingerprint density at radius 3 is 2.28 bits per heavy atom. The van der Waals surface area contributed by atoms with Crippen molar-refractivity contribution in [3.8, 4) is 5.75 Å². The molecule has 0 aliphatic carbocycles. The number of carbonyl (C=O) groups excluding carboxylic acids is 1. The zero-order chi connectivity index (χ0) is 17.6. The number of hydrogen-bond acceptors (Lipinski definition) is 4. The summed E-state index contributed by atoms with van der Waals surface area (Å²) in [6, 6.07) is 15.7. The molecule has 0 radical (unpaired) electrons. The third-order valence-electron chi connectivity index (χ3n) is 4.41. The van der Waals surface area contributed by atoms with Crippen LogP contribution in [0.4, 0.5) is 11.4 Å². The molecule has 1 saturated heterocycles. The molecular formula is C20H25N3O2. The van der Waals surface area contributed by atoms with Crippen LogP contribution in [0.2, 0.25) is 0 Å². The number of carbonyl (C=O) groups is 1. The van der Waals surface area contributed by atoms with E-state index in [1.165, 1.54) is 5.69 Å². The summed E-state index contributed by atoms with van der Waals surface area (Å²) in [6.45, 7) is 6.24. The van der Waals surface area contributed by atoms with Gasteiger partial charge in [0.25, 0.3) is 5.91 Å². The quantitative estimate of drug-likeness (QED) is 0.910. The lowest BCUT2D eigenvalue weighted by Crippen LogP contribution is -2.44. The van der Waals surface area contributed by atoms with E-state index in [4.69, 9.17) is 4.74 Å².